The first kappa shape index (κ1) is 18.6. The number of carbonyl (C=O) groups is 2. The SMILES string of the molecule is CCOC(=O)CCC(C#N)(CCC(=O)OCC)c1ccncc1. The molecule has 0 saturated heterocycles. The lowest BCUT2D eigenvalue weighted by Gasteiger charge is -2.26. The van der Waals surface area contributed by atoms with Crippen LogP contribution in [0.4, 0.5) is 0 Å². The fourth-order valence-corrected chi connectivity index (χ4v) is 2.36. The molecule has 23 heavy (non-hydrogen) atoms. The minimum atomic E-state index is -0.942. The molecule has 1 aromatic heterocycles. The van der Waals surface area contributed by atoms with Crippen molar-refractivity contribution in [3.05, 3.63) is 30.1 Å². The van der Waals surface area contributed by atoms with Crippen LogP contribution in [0.25, 0.3) is 0 Å². The molecule has 0 unspecified atom stereocenters. The Balaban J connectivity index is 2.91. The maximum absolute atomic E-state index is 11.6. The van der Waals surface area contributed by atoms with Gasteiger partial charge in [0.15, 0.2) is 0 Å². The van der Waals surface area contributed by atoms with Crippen molar-refractivity contribution in [2.45, 2.75) is 44.9 Å². The standard InChI is InChI=1S/C17H22N2O4/c1-3-22-15(20)5-9-17(13-18,10-6-16(21)23-4-2)14-7-11-19-12-8-14/h7-8,11-12H,3-6,9-10H2,1-2H3. The zero-order valence-corrected chi connectivity index (χ0v) is 13.6. The van der Waals surface area contributed by atoms with Gasteiger partial charge in [0.05, 0.1) is 24.7 Å². The Morgan fingerprint density at radius 2 is 1.57 bits per heavy atom. The molecule has 0 aromatic carbocycles. The highest BCUT2D eigenvalue weighted by atomic mass is 16.5. The third-order valence-corrected chi connectivity index (χ3v) is 3.57. The molecule has 6 heteroatoms. The minimum Gasteiger partial charge on any atom is -0.466 e. The van der Waals surface area contributed by atoms with E-state index in [9.17, 15) is 14.9 Å². The topological polar surface area (TPSA) is 89.3 Å². The van der Waals surface area contributed by atoms with Gasteiger partial charge in [0, 0.05) is 25.2 Å². The highest BCUT2D eigenvalue weighted by Gasteiger charge is 2.33. The summed E-state index contributed by atoms with van der Waals surface area (Å²) in [4.78, 5) is 27.2. The summed E-state index contributed by atoms with van der Waals surface area (Å²) in [5.74, 6) is -0.699. The fourth-order valence-electron chi connectivity index (χ4n) is 2.36. The molecule has 1 aromatic rings. The molecule has 124 valence electrons. The summed E-state index contributed by atoms with van der Waals surface area (Å²) < 4.78 is 9.86. The van der Waals surface area contributed by atoms with E-state index in [1.807, 2.05) is 0 Å². The maximum atomic E-state index is 11.6. The zero-order chi connectivity index (χ0) is 17.1. The number of rotatable bonds is 9. The Kier molecular flexibility index (Phi) is 7.75. The van der Waals surface area contributed by atoms with Crippen LogP contribution in [0.2, 0.25) is 0 Å². The molecule has 0 aliphatic carbocycles. The number of nitrogens with zero attached hydrogens (tertiary/aromatic N) is 2. The van der Waals surface area contributed by atoms with Crippen LogP contribution in [0, 0.1) is 11.3 Å². The second-order valence-electron chi connectivity index (χ2n) is 5.04. The molecule has 0 atom stereocenters. The molecule has 0 N–H and O–H groups in total. The smallest absolute Gasteiger partial charge is 0.305 e. The van der Waals surface area contributed by atoms with E-state index in [2.05, 4.69) is 11.1 Å². The molecule has 0 saturated carbocycles. The minimum absolute atomic E-state index is 0.118. The van der Waals surface area contributed by atoms with Crippen molar-refractivity contribution in [1.82, 2.24) is 4.98 Å². The van der Waals surface area contributed by atoms with E-state index >= 15 is 0 Å². The van der Waals surface area contributed by atoms with Crippen LogP contribution in [-0.2, 0) is 24.5 Å². The predicted octanol–water partition coefficient (Wildman–Crippen LogP) is 2.53. The van der Waals surface area contributed by atoms with Gasteiger partial charge >= 0.3 is 11.9 Å². The first-order chi connectivity index (χ1) is 11.1. The number of aromatic nitrogens is 1. The lowest BCUT2D eigenvalue weighted by atomic mass is 9.75. The summed E-state index contributed by atoms with van der Waals surface area (Å²) in [6.07, 6.45) is 3.99. The van der Waals surface area contributed by atoms with Crippen molar-refractivity contribution >= 4 is 11.9 Å². The molecule has 0 aliphatic heterocycles. The fraction of sp³-hybridized carbons (Fsp3) is 0.529. The second kappa shape index (κ2) is 9.57. The van der Waals surface area contributed by atoms with E-state index < -0.39 is 5.41 Å². The van der Waals surface area contributed by atoms with Crippen LogP contribution in [0.1, 0.15) is 45.1 Å². The van der Waals surface area contributed by atoms with Crippen LogP contribution in [0.5, 0.6) is 0 Å². The van der Waals surface area contributed by atoms with Crippen LogP contribution < -0.4 is 0 Å². The van der Waals surface area contributed by atoms with E-state index in [1.54, 1.807) is 38.4 Å². The average Bonchev–Trinajstić information content (AvgIpc) is 2.57. The Morgan fingerprint density at radius 3 is 1.96 bits per heavy atom. The lowest BCUT2D eigenvalue weighted by Crippen LogP contribution is -2.27. The monoisotopic (exact) mass is 318 g/mol. The van der Waals surface area contributed by atoms with E-state index in [1.165, 1.54) is 0 Å². The molecule has 0 spiro atoms. The van der Waals surface area contributed by atoms with Crippen molar-refractivity contribution in [2.24, 2.45) is 0 Å². The number of ether oxygens (including phenoxy) is 2. The quantitative estimate of drug-likeness (QED) is 0.650. The van der Waals surface area contributed by atoms with E-state index in [0.29, 0.717) is 13.2 Å². The second-order valence-corrected chi connectivity index (χ2v) is 5.04. The van der Waals surface area contributed by atoms with Gasteiger partial charge in [-0.2, -0.15) is 5.26 Å². The highest BCUT2D eigenvalue weighted by molar-refractivity contribution is 5.70. The molecular weight excluding hydrogens is 296 g/mol. The average molecular weight is 318 g/mol. The Bertz CT molecular complexity index is 529. The molecule has 0 aliphatic rings. The van der Waals surface area contributed by atoms with Crippen molar-refractivity contribution in [1.29, 1.82) is 5.26 Å². The first-order valence-electron chi connectivity index (χ1n) is 7.71. The molecule has 0 fully saturated rings. The van der Waals surface area contributed by atoms with E-state index in [0.717, 1.165) is 5.56 Å². The van der Waals surface area contributed by atoms with Gasteiger partial charge in [-0.1, -0.05) is 0 Å². The number of hydrogen-bond acceptors (Lipinski definition) is 6. The number of esters is 2. The largest absolute Gasteiger partial charge is 0.466 e. The summed E-state index contributed by atoms with van der Waals surface area (Å²) in [7, 11) is 0. The summed E-state index contributed by atoms with van der Waals surface area (Å²) in [5, 5.41) is 9.74. The van der Waals surface area contributed by atoms with Gasteiger partial charge in [-0.05, 0) is 44.4 Å². The Labute approximate surface area is 136 Å². The van der Waals surface area contributed by atoms with Crippen LogP contribution >= 0.6 is 0 Å². The summed E-state index contributed by atoms with van der Waals surface area (Å²) in [6.45, 7) is 4.07. The molecule has 6 nitrogen and oxygen atoms in total. The van der Waals surface area contributed by atoms with E-state index in [-0.39, 0.29) is 37.6 Å². The maximum Gasteiger partial charge on any atom is 0.305 e. The molecule has 0 bridgehead atoms. The predicted molar refractivity (Wildman–Crippen MR) is 83.3 cm³/mol. The van der Waals surface area contributed by atoms with Crippen molar-refractivity contribution in [2.75, 3.05) is 13.2 Å². The van der Waals surface area contributed by atoms with Crippen molar-refractivity contribution in [3.63, 3.8) is 0 Å². The van der Waals surface area contributed by atoms with Crippen LogP contribution in [0.3, 0.4) is 0 Å². The van der Waals surface area contributed by atoms with Crippen molar-refractivity contribution < 1.29 is 19.1 Å². The molecule has 0 amide bonds. The third kappa shape index (κ3) is 5.70. The molecular formula is C17H22N2O4. The lowest BCUT2D eigenvalue weighted by molar-refractivity contribution is -0.143. The first-order valence-corrected chi connectivity index (χ1v) is 7.71. The van der Waals surface area contributed by atoms with E-state index in [4.69, 9.17) is 9.47 Å². The summed E-state index contributed by atoms with van der Waals surface area (Å²) in [5.41, 5.74) is -0.203. The highest BCUT2D eigenvalue weighted by Crippen LogP contribution is 2.34. The number of carbonyl (C=O) groups excluding carboxylic acids is 2. The Hall–Kier alpha value is -2.42. The van der Waals surface area contributed by atoms with Gasteiger partial charge in [0.2, 0.25) is 0 Å². The van der Waals surface area contributed by atoms with Gasteiger partial charge in [-0.15, -0.1) is 0 Å². The van der Waals surface area contributed by atoms with Crippen LogP contribution in [0.15, 0.2) is 24.5 Å². The summed E-state index contributed by atoms with van der Waals surface area (Å²) >= 11 is 0. The summed E-state index contributed by atoms with van der Waals surface area (Å²) in [6, 6.07) is 5.75. The van der Waals surface area contributed by atoms with Gasteiger partial charge in [-0.25, -0.2) is 0 Å². The number of nitriles is 1. The molecule has 1 rings (SSSR count). The van der Waals surface area contributed by atoms with Gasteiger partial charge in [-0.3, -0.25) is 14.6 Å². The number of hydrogen-bond donors (Lipinski definition) is 0. The Morgan fingerprint density at radius 1 is 1.09 bits per heavy atom. The third-order valence-electron chi connectivity index (χ3n) is 3.57. The van der Waals surface area contributed by atoms with Crippen molar-refractivity contribution in [3.8, 4) is 6.07 Å². The molecule has 0 radical (unpaired) electrons. The normalized spacial score (nSPS) is 10.7. The van der Waals surface area contributed by atoms with Gasteiger partial charge < -0.3 is 9.47 Å². The molecule has 1 heterocycles. The zero-order valence-electron chi connectivity index (χ0n) is 13.6. The van der Waals surface area contributed by atoms with Gasteiger partial charge in [0.25, 0.3) is 0 Å². The number of pyridine rings is 1. The van der Waals surface area contributed by atoms with Crippen LogP contribution in [-0.4, -0.2) is 30.1 Å². The van der Waals surface area contributed by atoms with Gasteiger partial charge in [0.1, 0.15) is 0 Å².